The zero-order valence-corrected chi connectivity index (χ0v) is 14.6. The van der Waals surface area contributed by atoms with Crippen molar-refractivity contribution in [2.24, 2.45) is 0 Å². The minimum atomic E-state index is 0.0873. The smallest absolute Gasteiger partial charge is 0.254 e. The van der Waals surface area contributed by atoms with Crippen molar-refractivity contribution >= 4 is 27.5 Å². The van der Waals surface area contributed by atoms with Crippen molar-refractivity contribution in [2.45, 2.75) is 33.2 Å². The highest BCUT2D eigenvalue weighted by atomic mass is 79.9. The average molecular weight is 354 g/mol. The molecule has 1 heterocycles. The molecule has 0 saturated carbocycles. The highest BCUT2D eigenvalue weighted by Gasteiger charge is 2.25. The summed E-state index contributed by atoms with van der Waals surface area (Å²) in [5, 5.41) is 0. The Balaban J connectivity index is 2.09. The first-order chi connectivity index (χ1) is 9.93. The number of anilines is 1. The molecule has 116 valence electrons. The molecule has 0 aromatic heterocycles. The third kappa shape index (κ3) is 3.58. The molecule has 0 radical (unpaired) electrons. The largest absolute Gasteiger partial charge is 0.398 e. The van der Waals surface area contributed by atoms with Gasteiger partial charge in [0.1, 0.15) is 0 Å². The van der Waals surface area contributed by atoms with Gasteiger partial charge in [0.05, 0.1) is 0 Å². The van der Waals surface area contributed by atoms with Crippen LogP contribution in [0.3, 0.4) is 0 Å². The van der Waals surface area contributed by atoms with Gasteiger partial charge in [0.2, 0.25) is 0 Å². The van der Waals surface area contributed by atoms with Gasteiger partial charge < -0.3 is 10.6 Å². The molecule has 2 rings (SSSR count). The fourth-order valence-electron chi connectivity index (χ4n) is 2.72. The molecule has 1 fully saturated rings. The van der Waals surface area contributed by atoms with E-state index in [0.717, 1.165) is 42.6 Å². The van der Waals surface area contributed by atoms with E-state index in [2.05, 4.69) is 34.7 Å². The molecular formula is C16H24BrN3O. The maximum Gasteiger partial charge on any atom is 0.254 e. The standard InChI is InChI=1S/C16H24BrN3O/c1-4-11(2)19-5-7-20(8-6-19)16(21)14-9-13(17)10-15(18)12(14)3/h9-11H,4-8,18H2,1-3H3. The molecule has 1 atom stereocenters. The molecule has 1 amide bonds. The van der Waals surface area contributed by atoms with Crippen LogP contribution in [0.15, 0.2) is 16.6 Å². The number of carbonyl (C=O) groups is 1. The fraction of sp³-hybridized carbons (Fsp3) is 0.562. The summed E-state index contributed by atoms with van der Waals surface area (Å²) in [6.45, 7) is 9.83. The van der Waals surface area contributed by atoms with Gasteiger partial charge in [0, 0.05) is 47.9 Å². The molecule has 0 aliphatic carbocycles. The maximum atomic E-state index is 12.7. The monoisotopic (exact) mass is 353 g/mol. The second-order valence-corrected chi connectivity index (χ2v) is 6.67. The number of nitrogens with two attached hydrogens (primary N) is 1. The van der Waals surface area contributed by atoms with E-state index >= 15 is 0 Å². The highest BCUT2D eigenvalue weighted by Crippen LogP contribution is 2.24. The number of piperazine rings is 1. The van der Waals surface area contributed by atoms with Crippen molar-refractivity contribution in [1.29, 1.82) is 0 Å². The Morgan fingerprint density at radius 3 is 2.52 bits per heavy atom. The van der Waals surface area contributed by atoms with Crippen LogP contribution < -0.4 is 5.73 Å². The van der Waals surface area contributed by atoms with Crippen LogP contribution in [0.25, 0.3) is 0 Å². The first kappa shape index (κ1) is 16.3. The molecule has 1 aromatic carbocycles. The Kier molecular flexibility index (Phi) is 5.27. The Labute approximate surface area is 135 Å². The molecule has 1 unspecified atom stereocenters. The van der Waals surface area contributed by atoms with Crippen LogP contribution in [0.1, 0.15) is 36.2 Å². The van der Waals surface area contributed by atoms with E-state index < -0.39 is 0 Å². The van der Waals surface area contributed by atoms with Crippen molar-refractivity contribution < 1.29 is 4.79 Å². The zero-order chi connectivity index (χ0) is 15.6. The number of benzene rings is 1. The van der Waals surface area contributed by atoms with Crippen molar-refractivity contribution in [1.82, 2.24) is 9.80 Å². The van der Waals surface area contributed by atoms with Crippen molar-refractivity contribution in [2.75, 3.05) is 31.9 Å². The molecule has 1 aliphatic rings. The number of halogens is 1. The van der Waals surface area contributed by atoms with Gasteiger partial charge in [-0.05, 0) is 38.0 Å². The van der Waals surface area contributed by atoms with E-state index in [-0.39, 0.29) is 5.91 Å². The van der Waals surface area contributed by atoms with Crippen LogP contribution >= 0.6 is 15.9 Å². The van der Waals surface area contributed by atoms with Gasteiger partial charge in [0.15, 0.2) is 0 Å². The van der Waals surface area contributed by atoms with Gasteiger partial charge >= 0.3 is 0 Å². The summed E-state index contributed by atoms with van der Waals surface area (Å²) in [6, 6.07) is 4.30. The van der Waals surface area contributed by atoms with E-state index in [4.69, 9.17) is 5.73 Å². The van der Waals surface area contributed by atoms with Gasteiger partial charge in [-0.3, -0.25) is 9.69 Å². The Bertz CT molecular complexity index is 524. The molecule has 2 N–H and O–H groups in total. The second-order valence-electron chi connectivity index (χ2n) is 5.75. The van der Waals surface area contributed by atoms with Crippen LogP contribution in [0.4, 0.5) is 5.69 Å². The number of hydrogen-bond acceptors (Lipinski definition) is 3. The summed E-state index contributed by atoms with van der Waals surface area (Å²) in [6.07, 6.45) is 1.15. The molecule has 4 nitrogen and oxygen atoms in total. The minimum absolute atomic E-state index is 0.0873. The Hall–Kier alpha value is -1.07. The number of rotatable bonds is 3. The van der Waals surface area contributed by atoms with Crippen LogP contribution in [-0.2, 0) is 0 Å². The molecule has 0 spiro atoms. The minimum Gasteiger partial charge on any atom is -0.398 e. The van der Waals surface area contributed by atoms with E-state index in [1.54, 1.807) is 0 Å². The summed E-state index contributed by atoms with van der Waals surface area (Å²) in [4.78, 5) is 17.1. The Morgan fingerprint density at radius 2 is 1.95 bits per heavy atom. The van der Waals surface area contributed by atoms with Gasteiger partial charge in [-0.25, -0.2) is 0 Å². The molecule has 5 heteroatoms. The summed E-state index contributed by atoms with van der Waals surface area (Å²) in [7, 11) is 0. The summed E-state index contributed by atoms with van der Waals surface area (Å²) >= 11 is 3.42. The third-order valence-electron chi connectivity index (χ3n) is 4.46. The first-order valence-corrected chi connectivity index (χ1v) is 8.32. The van der Waals surface area contributed by atoms with E-state index in [9.17, 15) is 4.79 Å². The highest BCUT2D eigenvalue weighted by molar-refractivity contribution is 9.10. The first-order valence-electron chi connectivity index (χ1n) is 7.53. The lowest BCUT2D eigenvalue weighted by Gasteiger charge is -2.38. The third-order valence-corrected chi connectivity index (χ3v) is 4.92. The lowest BCUT2D eigenvalue weighted by Crippen LogP contribution is -2.51. The zero-order valence-electron chi connectivity index (χ0n) is 13.0. The maximum absolute atomic E-state index is 12.7. The number of carbonyl (C=O) groups excluding carboxylic acids is 1. The van der Waals surface area contributed by atoms with Gasteiger partial charge in [-0.2, -0.15) is 0 Å². The summed E-state index contributed by atoms with van der Waals surface area (Å²) in [5.41, 5.74) is 8.19. The predicted octanol–water partition coefficient (Wildman–Crippen LogP) is 2.90. The molecule has 1 saturated heterocycles. The van der Waals surface area contributed by atoms with E-state index in [1.165, 1.54) is 0 Å². The van der Waals surface area contributed by atoms with E-state index in [0.29, 0.717) is 17.3 Å². The molecule has 1 aliphatic heterocycles. The molecule has 21 heavy (non-hydrogen) atoms. The van der Waals surface area contributed by atoms with Gasteiger partial charge in [0.25, 0.3) is 5.91 Å². The van der Waals surface area contributed by atoms with Crippen LogP contribution in [-0.4, -0.2) is 47.9 Å². The number of hydrogen-bond donors (Lipinski definition) is 1. The molecule has 1 aromatic rings. The fourth-order valence-corrected chi connectivity index (χ4v) is 3.19. The number of nitrogen functional groups attached to an aromatic ring is 1. The topological polar surface area (TPSA) is 49.6 Å². The van der Waals surface area contributed by atoms with Crippen LogP contribution in [0.5, 0.6) is 0 Å². The van der Waals surface area contributed by atoms with Crippen molar-refractivity contribution in [3.05, 3.63) is 27.7 Å². The lowest BCUT2D eigenvalue weighted by molar-refractivity contribution is 0.0579. The summed E-state index contributed by atoms with van der Waals surface area (Å²) in [5.74, 6) is 0.0873. The van der Waals surface area contributed by atoms with Crippen molar-refractivity contribution in [3.8, 4) is 0 Å². The normalized spacial score (nSPS) is 17.8. The van der Waals surface area contributed by atoms with Crippen LogP contribution in [0, 0.1) is 6.92 Å². The number of amides is 1. The van der Waals surface area contributed by atoms with Gasteiger partial charge in [-0.15, -0.1) is 0 Å². The quantitative estimate of drug-likeness (QED) is 0.850. The van der Waals surface area contributed by atoms with Crippen molar-refractivity contribution in [3.63, 3.8) is 0 Å². The number of nitrogens with zero attached hydrogens (tertiary/aromatic N) is 2. The molecule has 0 bridgehead atoms. The summed E-state index contributed by atoms with van der Waals surface area (Å²) < 4.78 is 0.854. The van der Waals surface area contributed by atoms with E-state index in [1.807, 2.05) is 24.0 Å². The predicted molar refractivity (Wildman–Crippen MR) is 90.5 cm³/mol. The SMILES string of the molecule is CCC(C)N1CCN(C(=O)c2cc(Br)cc(N)c2C)CC1. The van der Waals surface area contributed by atoms with Gasteiger partial charge in [-0.1, -0.05) is 22.9 Å². The van der Waals surface area contributed by atoms with Crippen LogP contribution in [0.2, 0.25) is 0 Å². The molecular weight excluding hydrogens is 330 g/mol. The average Bonchev–Trinajstić information content (AvgIpc) is 2.49. The second kappa shape index (κ2) is 6.79. The Morgan fingerprint density at radius 1 is 1.33 bits per heavy atom. The lowest BCUT2D eigenvalue weighted by atomic mass is 10.1.